The van der Waals surface area contributed by atoms with Crippen LogP contribution in [0.3, 0.4) is 0 Å². The number of carbonyl (C=O) groups is 2. The average molecular weight is 875 g/mol. The van der Waals surface area contributed by atoms with Crippen molar-refractivity contribution in [2.24, 2.45) is 34.0 Å². The first kappa shape index (κ1) is 47.1. The molecule has 22 atom stereocenters. The first-order valence-corrected chi connectivity index (χ1v) is 21.7. The largest absolute Gasteiger partial charge is 0.479 e. The molecule has 1 unspecified atom stereocenters. The van der Waals surface area contributed by atoms with Gasteiger partial charge in [0, 0.05) is 5.92 Å². The third kappa shape index (κ3) is 7.90. The van der Waals surface area contributed by atoms with Crippen LogP contribution >= 0.6 is 0 Å². The number of ether oxygens (including phenoxy) is 7. The fourth-order valence-corrected chi connectivity index (χ4v) is 12.6. The van der Waals surface area contributed by atoms with E-state index in [9.17, 15) is 60.7 Å². The zero-order valence-electron chi connectivity index (χ0n) is 35.2. The highest BCUT2D eigenvalue weighted by Gasteiger charge is 2.69. The van der Waals surface area contributed by atoms with Crippen LogP contribution in [0.2, 0.25) is 0 Å². The third-order valence-corrected chi connectivity index (χ3v) is 16.0. The highest BCUT2D eigenvalue weighted by atomic mass is 16.8. The molecule has 7 rings (SSSR count). The van der Waals surface area contributed by atoms with Crippen LogP contribution in [0.4, 0.5) is 0 Å². The Morgan fingerprint density at radius 3 is 1.95 bits per heavy atom. The van der Waals surface area contributed by atoms with Crippen molar-refractivity contribution in [3.05, 3.63) is 12.2 Å². The fourth-order valence-electron chi connectivity index (χ4n) is 12.6. The van der Waals surface area contributed by atoms with E-state index in [1.165, 1.54) is 6.92 Å². The van der Waals surface area contributed by atoms with E-state index in [0.717, 1.165) is 18.4 Å². The van der Waals surface area contributed by atoms with E-state index in [2.05, 4.69) is 13.5 Å². The van der Waals surface area contributed by atoms with Gasteiger partial charge in [-0.05, 0) is 93.5 Å². The van der Waals surface area contributed by atoms with Crippen LogP contribution < -0.4 is 0 Å². The number of aliphatic hydroxyl groups is 9. The molecule has 19 nitrogen and oxygen atoms in total. The number of hydrogen-bond acceptors (Lipinski definition) is 18. The van der Waals surface area contributed by atoms with Gasteiger partial charge in [0.25, 0.3) is 0 Å². The summed E-state index contributed by atoms with van der Waals surface area (Å²) in [6.45, 7) is 9.51. The van der Waals surface area contributed by atoms with Gasteiger partial charge < -0.3 is 84.2 Å². The molecule has 0 aromatic heterocycles. The maximum atomic E-state index is 13.7. The van der Waals surface area contributed by atoms with Gasteiger partial charge in [0.05, 0.1) is 43.0 Å². The lowest BCUT2D eigenvalue weighted by atomic mass is 9.41. The molecule has 2 bridgehead atoms. The second-order valence-corrected chi connectivity index (χ2v) is 19.5. The Bertz CT molecular complexity index is 1610. The smallest absolute Gasteiger partial charge is 0.344 e. The predicted molar refractivity (Wildman–Crippen MR) is 206 cm³/mol. The topological polar surface area (TPSA) is 301 Å². The van der Waals surface area contributed by atoms with Crippen LogP contribution in [0.5, 0.6) is 0 Å². The standard InChI is InChI=1S/C42H66O19/c1-18-13-41-11-7-24-39(4,9-6-10-40(24,5)38(54)55-20(3)34(52)53)25(41)8-12-42(18,17-41)61-37-33(60-36-31(51)29(49)27(47)22(15-44)57-36)32(28(48)23(16-45)58-37)59-35-30(50)26(46)19(2)21(14-43)56-35/h19-33,35-37,43-51H,1,6-17H2,2-5H3,(H,52,53)/t19-,20?,21-,22-,23-,24+,25+,26+,27-,28-,29+,30-,31-,32+,33-,35+,36+,37+,39-,40-,41-,42+/m1/s1. The molecule has 0 aromatic carbocycles. The van der Waals surface area contributed by atoms with Crippen molar-refractivity contribution in [3.8, 4) is 0 Å². The minimum Gasteiger partial charge on any atom is -0.479 e. The maximum Gasteiger partial charge on any atom is 0.344 e. The monoisotopic (exact) mass is 874 g/mol. The Hall–Kier alpha value is -1.92. The zero-order chi connectivity index (χ0) is 44.6. The van der Waals surface area contributed by atoms with E-state index < -0.39 is 141 Å². The molecule has 348 valence electrons. The lowest BCUT2D eigenvalue weighted by Gasteiger charge is -2.64. The molecule has 7 fully saturated rings. The number of hydrogen-bond donors (Lipinski definition) is 10. The zero-order valence-corrected chi connectivity index (χ0v) is 35.2. The molecular weight excluding hydrogens is 808 g/mol. The lowest BCUT2D eigenvalue weighted by Crippen LogP contribution is -2.67. The Kier molecular flexibility index (Phi) is 13.5. The number of carboxylic acids is 1. The summed E-state index contributed by atoms with van der Waals surface area (Å²) in [5.74, 6) is -2.39. The molecule has 3 aliphatic heterocycles. The summed E-state index contributed by atoms with van der Waals surface area (Å²) in [7, 11) is 0. The second kappa shape index (κ2) is 17.5. The highest BCUT2D eigenvalue weighted by molar-refractivity contribution is 5.81. The van der Waals surface area contributed by atoms with Crippen LogP contribution in [0, 0.1) is 34.0 Å². The number of carbonyl (C=O) groups excluding carboxylic acids is 1. The molecule has 7 aliphatic rings. The van der Waals surface area contributed by atoms with Crippen molar-refractivity contribution in [1.82, 2.24) is 0 Å². The van der Waals surface area contributed by atoms with Crippen molar-refractivity contribution in [2.45, 2.75) is 183 Å². The Morgan fingerprint density at radius 2 is 1.31 bits per heavy atom. The molecule has 4 aliphatic carbocycles. The molecule has 10 N–H and O–H groups in total. The van der Waals surface area contributed by atoms with Crippen LogP contribution in [0.25, 0.3) is 0 Å². The Morgan fingerprint density at radius 1 is 0.738 bits per heavy atom. The van der Waals surface area contributed by atoms with Crippen LogP contribution in [-0.2, 0) is 42.7 Å². The average Bonchev–Trinajstić information content (AvgIpc) is 3.42. The van der Waals surface area contributed by atoms with Crippen LogP contribution in [0.1, 0.15) is 85.5 Å². The van der Waals surface area contributed by atoms with Crippen molar-refractivity contribution < 1.29 is 93.8 Å². The molecule has 4 saturated carbocycles. The summed E-state index contributed by atoms with van der Waals surface area (Å²) in [4.78, 5) is 25.4. The van der Waals surface area contributed by atoms with Gasteiger partial charge in [-0.15, -0.1) is 0 Å². The van der Waals surface area contributed by atoms with Gasteiger partial charge in [0.15, 0.2) is 25.0 Å². The van der Waals surface area contributed by atoms with Crippen LogP contribution in [-0.4, -0.2) is 181 Å². The maximum absolute atomic E-state index is 13.7. The number of rotatable bonds is 12. The molecule has 19 heteroatoms. The summed E-state index contributed by atoms with van der Waals surface area (Å²) < 4.78 is 42.8. The van der Waals surface area contributed by atoms with E-state index in [0.29, 0.717) is 44.9 Å². The summed E-state index contributed by atoms with van der Waals surface area (Å²) in [5.41, 5.74) is -1.82. The Labute approximate surface area is 354 Å². The van der Waals surface area contributed by atoms with E-state index in [4.69, 9.17) is 33.2 Å². The van der Waals surface area contributed by atoms with E-state index in [-0.39, 0.29) is 22.7 Å². The molecule has 3 saturated heterocycles. The summed E-state index contributed by atoms with van der Waals surface area (Å²) >= 11 is 0. The van der Waals surface area contributed by atoms with Crippen molar-refractivity contribution >= 4 is 11.9 Å². The second-order valence-electron chi connectivity index (χ2n) is 19.5. The highest BCUT2D eigenvalue weighted by Crippen LogP contribution is 2.73. The number of aliphatic carboxylic acids is 1. The van der Waals surface area contributed by atoms with Crippen LogP contribution in [0.15, 0.2) is 12.2 Å². The van der Waals surface area contributed by atoms with Gasteiger partial charge in [0.2, 0.25) is 0 Å². The normalized spacial score (nSPS) is 51.6. The molecule has 0 amide bonds. The van der Waals surface area contributed by atoms with Gasteiger partial charge in [-0.25, -0.2) is 4.79 Å². The molecule has 0 radical (unpaired) electrons. The van der Waals surface area contributed by atoms with Gasteiger partial charge in [-0.1, -0.05) is 26.8 Å². The van der Waals surface area contributed by atoms with Crippen molar-refractivity contribution in [1.29, 1.82) is 0 Å². The molecule has 0 aromatic rings. The van der Waals surface area contributed by atoms with E-state index >= 15 is 0 Å². The van der Waals surface area contributed by atoms with Crippen molar-refractivity contribution in [3.63, 3.8) is 0 Å². The molecule has 1 spiro atoms. The number of carboxylic acid groups (broad SMARTS) is 1. The van der Waals surface area contributed by atoms with Crippen molar-refractivity contribution in [2.75, 3.05) is 19.8 Å². The van der Waals surface area contributed by atoms with E-state index in [1.54, 1.807) is 6.92 Å². The summed E-state index contributed by atoms with van der Waals surface area (Å²) in [5, 5.41) is 106. The first-order valence-electron chi connectivity index (χ1n) is 21.7. The summed E-state index contributed by atoms with van der Waals surface area (Å²) in [6.07, 6.45) is -17.8. The third-order valence-electron chi connectivity index (χ3n) is 16.0. The minimum atomic E-state index is -1.90. The molecular formula is C42H66O19. The molecule has 61 heavy (non-hydrogen) atoms. The van der Waals surface area contributed by atoms with E-state index in [1.807, 2.05) is 6.92 Å². The lowest BCUT2D eigenvalue weighted by molar-refractivity contribution is -0.398. The predicted octanol–water partition coefficient (Wildman–Crippen LogP) is -1.17. The van der Waals surface area contributed by atoms with Gasteiger partial charge in [-0.2, -0.15) is 0 Å². The fraction of sp³-hybridized carbons (Fsp3) is 0.905. The number of aliphatic hydroxyl groups excluding tert-OH is 9. The van der Waals surface area contributed by atoms with Gasteiger partial charge in [0.1, 0.15) is 54.9 Å². The number of fused-ring (bicyclic) bond motifs is 3. The summed E-state index contributed by atoms with van der Waals surface area (Å²) in [6, 6.07) is 0. The number of esters is 1. The van der Waals surface area contributed by atoms with Gasteiger partial charge >= 0.3 is 11.9 Å². The molecule has 3 heterocycles. The SMILES string of the molecule is C=C1C[C@@]23CC[C@H]4[C@@](C)(CCC[C@@]4(C)C(=O)OC(C)C(=O)O)[C@@H]2CC[C@]1(O[C@@H]1O[C@H](CO)[C@@H](O)[C@H](O[C@@H]2O[C@H](CO)[C@@H](C)[C@H](O)[C@H]2O)[C@H]1O[C@@H]1O[C@H](CO)[C@@H](O)[C@H](O)[C@H]1O)C3. The first-order chi connectivity index (χ1) is 28.7. The van der Waals surface area contributed by atoms with Gasteiger partial charge in [-0.3, -0.25) is 4.79 Å². The minimum absolute atomic E-state index is 0.0767. The Balaban J connectivity index is 1.19. The quantitative estimate of drug-likeness (QED) is 0.0628.